The highest BCUT2D eigenvalue weighted by Gasteiger charge is 2.45. The summed E-state index contributed by atoms with van der Waals surface area (Å²) in [5.74, 6) is 1.94. The van der Waals surface area contributed by atoms with Crippen molar-refractivity contribution in [2.75, 3.05) is 26.3 Å². The molecule has 0 spiro atoms. The summed E-state index contributed by atoms with van der Waals surface area (Å²) in [7, 11) is 0. The Morgan fingerprint density at radius 3 is 2.54 bits per heavy atom. The van der Waals surface area contributed by atoms with Crippen LogP contribution in [0.25, 0.3) is 0 Å². The first-order valence-corrected chi connectivity index (χ1v) is 9.19. The van der Waals surface area contributed by atoms with E-state index in [-0.39, 0.29) is 11.9 Å². The Bertz CT molecular complexity index is 585. The van der Waals surface area contributed by atoms with E-state index in [4.69, 9.17) is 9.26 Å². The molecule has 1 aromatic heterocycles. The molecule has 1 N–H and O–H groups in total. The summed E-state index contributed by atoms with van der Waals surface area (Å²) in [6, 6.07) is 0.850. The van der Waals surface area contributed by atoms with Crippen LogP contribution in [0.15, 0.2) is 4.52 Å². The quantitative estimate of drug-likeness (QED) is 0.912. The van der Waals surface area contributed by atoms with Gasteiger partial charge in [0.05, 0.1) is 5.69 Å². The molecule has 24 heavy (non-hydrogen) atoms. The molecule has 1 aromatic rings. The number of likely N-dealkylation sites (tertiary alicyclic amines) is 1. The third-order valence-electron chi connectivity index (χ3n) is 5.91. The second-order valence-electron chi connectivity index (χ2n) is 7.58. The van der Waals surface area contributed by atoms with Crippen LogP contribution >= 0.6 is 0 Å². The van der Waals surface area contributed by atoms with Crippen molar-refractivity contribution in [3.05, 3.63) is 17.0 Å². The van der Waals surface area contributed by atoms with Crippen molar-refractivity contribution >= 4 is 5.91 Å². The van der Waals surface area contributed by atoms with Crippen molar-refractivity contribution < 1.29 is 14.1 Å². The molecular formula is C18H27N3O3. The number of aryl methyl sites for hydroxylation is 2. The minimum Gasteiger partial charge on any atom is -0.381 e. The molecular weight excluding hydrogens is 306 g/mol. The monoisotopic (exact) mass is 333 g/mol. The van der Waals surface area contributed by atoms with Crippen LogP contribution in [0.3, 0.4) is 0 Å². The standard InChI is InChI=1S/C18H27N3O3/c1-11-17(12(2)24-20-11)18(22)19-16-10-21(9-15(16)13-3-4-13)14-5-7-23-8-6-14/h13-16H,3-10H2,1-2H3,(H,19,22)/t15-,16+/m0/s1. The van der Waals surface area contributed by atoms with Crippen LogP contribution in [0, 0.1) is 25.7 Å². The van der Waals surface area contributed by atoms with Crippen LogP contribution in [0.5, 0.6) is 0 Å². The summed E-state index contributed by atoms with van der Waals surface area (Å²) in [5.41, 5.74) is 1.28. The molecule has 0 bridgehead atoms. The van der Waals surface area contributed by atoms with Gasteiger partial charge in [-0.1, -0.05) is 5.16 Å². The first-order chi connectivity index (χ1) is 11.6. The molecule has 4 rings (SSSR count). The molecule has 1 saturated carbocycles. The summed E-state index contributed by atoms with van der Waals surface area (Å²) in [6.07, 6.45) is 4.85. The molecule has 3 aliphatic rings. The van der Waals surface area contributed by atoms with E-state index in [0.29, 0.717) is 29.0 Å². The van der Waals surface area contributed by atoms with Crippen LogP contribution in [0.4, 0.5) is 0 Å². The molecule has 0 radical (unpaired) electrons. The number of amides is 1. The van der Waals surface area contributed by atoms with E-state index in [1.54, 1.807) is 6.92 Å². The number of hydrogen-bond donors (Lipinski definition) is 1. The Balaban J connectivity index is 1.45. The van der Waals surface area contributed by atoms with Gasteiger partial charge in [0.1, 0.15) is 11.3 Å². The van der Waals surface area contributed by atoms with E-state index in [1.807, 2.05) is 6.92 Å². The van der Waals surface area contributed by atoms with E-state index in [2.05, 4.69) is 15.4 Å². The minimum absolute atomic E-state index is 0.0317. The van der Waals surface area contributed by atoms with Gasteiger partial charge in [0, 0.05) is 38.4 Å². The van der Waals surface area contributed by atoms with E-state index in [9.17, 15) is 4.79 Å². The van der Waals surface area contributed by atoms with E-state index >= 15 is 0 Å². The van der Waals surface area contributed by atoms with Gasteiger partial charge >= 0.3 is 0 Å². The van der Waals surface area contributed by atoms with Crippen molar-refractivity contribution in [3.8, 4) is 0 Å². The Kier molecular flexibility index (Phi) is 4.35. The Labute approximate surface area is 142 Å². The molecule has 132 valence electrons. The molecule has 2 aliphatic heterocycles. The zero-order valence-corrected chi connectivity index (χ0v) is 14.6. The lowest BCUT2D eigenvalue weighted by Gasteiger charge is -2.31. The van der Waals surface area contributed by atoms with Gasteiger partial charge in [-0.05, 0) is 51.4 Å². The second kappa shape index (κ2) is 6.48. The SMILES string of the molecule is Cc1noc(C)c1C(=O)N[C@@H]1CN(C2CCOCC2)C[C@H]1C1CC1. The maximum absolute atomic E-state index is 12.7. The van der Waals surface area contributed by atoms with Gasteiger partial charge in [0.15, 0.2) is 0 Å². The molecule has 2 saturated heterocycles. The molecule has 0 aromatic carbocycles. The first kappa shape index (κ1) is 16.1. The smallest absolute Gasteiger partial charge is 0.257 e. The number of carbonyl (C=O) groups is 1. The van der Waals surface area contributed by atoms with Crippen molar-refractivity contribution in [2.45, 2.75) is 51.6 Å². The maximum Gasteiger partial charge on any atom is 0.257 e. The highest BCUT2D eigenvalue weighted by atomic mass is 16.5. The van der Waals surface area contributed by atoms with Gasteiger partial charge in [-0.25, -0.2) is 0 Å². The number of rotatable bonds is 4. The van der Waals surface area contributed by atoms with E-state index in [0.717, 1.165) is 45.1 Å². The lowest BCUT2D eigenvalue weighted by molar-refractivity contribution is 0.0404. The molecule has 3 heterocycles. The number of aromatic nitrogens is 1. The van der Waals surface area contributed by atoms with Crippen molar-refractivity contribution in [3.63, 3.8) is 0 Å². The molecule has 2 atom stereocenters. The minimum atomic E-state index is -0.0317. The van der Waals surface area contributed by atoms with Gasteiger partial charge in [0.2, 0.25) is 0 Å². The first-order valence-electron chi connectivity index (χ1n) is 9.19. The third-order valence-corrected chi connectivity index (χ3v) is 5.91. The van der Waals surface area contributed by atoms with Gasteiger partial charge in [-0.3, -0.25) is 9.69 Å². The maximum atomic E-state index is 12.7. The third kappa shape index (κ3) is 3.09. The predicted octanol–water partition coefficient (Wildman–Crippen LogP) is 1.91. The molecule has 1 amide bonds. The zero-order valence-electron chi connectivity index (χ0n) is 14.6. The molecule has 6 heteroatoms. The topological polar surface area (TPSA) is 67.6 Å². The van der Waals surface area contributed by atoms with E-state index in [1.165, 1.54) is 12.8 Å². The summed E-state index contributed by atoms with van der Waals surface area (Å²) >= 11 is 0. The fourth-order valence-corrected chi connectivity index (χ4v) is 4.41. The van der Waals surface area contributed by atoms with Gasteiger partial charge in [0.25, 0.3) is 5.91 Å². The van der Waals surface area contributed by atoms with Crippen molar-refractivity contribution in [2.24, 2.45) is 11.8 Å². The number of nitrogens with one attached hydrogen (secondary N) is 1. The second-order valence-corrected chi connectivity index (χ2v) is 7.58. The highest BCUT2D eigenvalue weighted by Crippen LogP contribution is 2.42. The Morgan fingerprint density at radius 1 is 1.17 bits per heavy atom. The molecule has 3 fully saturated rings. The zero-order chi connectivity index (χ0) is 16.7. The largest absolute Gasteiger partial charge is 0.381 e. The lowest BCUT2D eigenvalue weighted by Crippen LogP contribution is -2.43. The molecule has 1 aliphatic carbocycles. The average molecular weight is 333 g/mol. The van der Waals surface area contributed by atoms with Crippen molar-refractivity contribution in [1.29, 1.82) is 0 Å². The summed E-state index contributed by atoms with van der Waals surface area (Å²) in [5, 5.41) is 7.20. The van der Waals surface area contributed by atoms with Gasteiger partial charge in [-0.2, -0.15) is 0 Å². The van der Waals surface area contributed by atoms with Crippen LogP contribution in [-0.2, 0) is 4.74 Å². The number of nitrogens with zero attached hydrogens (tertiary/aromatic N) is 2. The number of carbonyl (C=O) groups excluding carboxylic acids is 1. The summed E-state index contributed by atoms with van der Waals surface area (Å²) < 4.78 is 10.6. The summed E-state index contributed by atoms with van der Waals surface area (Å²) in [6.45, 7) is 7.43. The highest BCUT2D eigenvalue weighted by molar-refractivity contribution is 5.96. The number of hydrogen-bond acceptors (Lipinski definition) is 5. The van der Waals surface area contributed by atoms with Gasteiger partial charge in [-0.15, -0.1) is 0 Å². The normalized spacial score (nSPS) is 29.1. The van der Waals surface area contributed by atoms with Crippen LogP contribution in [0.2, 0.25) is 0 Å². The van der Waals surface area contributed by atoms with Gasteiger partial charge < -0.3 is 14.6 Å². The lowest BCUT2D eigenvalue weighted by atomic mass is 9.97. The molecule has 6 nitrogen and oxygen atoms in total. The summed E-state index contributed by atoms with van der Waals surface area (Å²) in [4.78, 5) is 15.3. The fraction of sp³-hybridized carbons (Fsp3) is 0.778. The fourth-order valence-electron chi connectivity index (χ4n) is 4.41. The van der Waals surface area contributed by atoms with E-state index < -0.39 is 0 Å². The van der Waals surface area contributed by atoms with Crippen molar-refractivity contribution in [1.82, 2.24) is 15.4 Å². The Morgan fingerprint density at radius 2 is 1.92 bits per heavy atom. The molecule has 0 unspecified atom stereocenters. The van der Waals surface area contributed by atoms with Crippen LogP contribution in [0.1, 0.15) is 47.5 Å². The Hall–Kier alpha value is -1.40. The predicted molar refractivity (Wildman–Crippen MR) is 88.9 cm³/mol. The van der Waals surface area contributed by atoms with Crippen LogP contribution < -0.4 is 5.32 Å². The number of ether oxygens (including phenoxy) is 1. The van der Waals surface area contributed by atoms with Crippen LogP contribution in [-0.4, -0.2) is 54.4 Å². The average Bonchev–Trinajstić information content (AvgIpc) is 3.26.